The predicted octanol–water partition coefficient (Wildman–Crippen LogP) is 3.46. The molecule has 2 unspecified atom stereocenters. The molecule has 2 saturated heterocycles. The molecule has 0 amide bonds. The predicted molar refractivity (Wildman–Crippen MR) is 142 cm³/mol. The summed E-state index contributed by atoms with van der Waals surface area (Å²) in [5.74, 6) is 0.291. The zero-order chi connectivity index (χ0) is 24.8. The molecule has 2 atom stereocenters. The lowest BCUT2D eigenvalue weighted by Crippen LogP contribution is -2.53. The molecule has 0 aliphatic carbocycles. The number of piperazine rings is 2. The minimum atomic E-state index is 0.0418. The van der Waals surface area contributed by atoms with Crippen LogP contribution in [0.2, 0.25) is 0 Å². The Morgan fingerprint density at radius 3 is 2.34 bits per heavy atom. The number of benzene rings is 2. The normalized spacial score (nSPS) is 20.9. The Bertz CT molecular complexity index is 1030. The number of rotatable bonds is 9. The van der Waals surface area contributed by atoms with Crippen molar-refractivity contribution in [1.82, 2.24) is 19.6 Å². The number of hydrogen-bond acceptors (Lipinski definition) is 6. The van der Waals surface area contributed by atoms with Gasteiger partial charge in [0, 0.05) is 64.1 Å². The van der Waals surface area contributed by atoms with Gasteiger partial charge < -0.3 is 14.8 Å². The summed E-state index contributed by atoms with van der Waals surface area (Å²) in [6, 6.07) is 16.8. The number of aldehydes is 1. The first kappa shape index (κ1) is 25.2. The molecule has 0 aromatic heterocycles. The van der Waals surface area contributed by atoms with Crippen molar-refractivity contribution in [2.45, 2.75) is 19.0 Å². The molecule has 2 aromatic rings. The molecule has 0 spiro atoms. The van der Waals surface area contributed by atoms with Gasteiger partial charge in [-0.2, -0.15) is 0 Å². The standard InChI is InChI=1S/C29H38N4O2/c1-4-11-31-14-17-33(23(2)22-31)29(27-9-6-10-28(35)21-27)26-8-5-7-25(20-26)24(3)32-15-12-30(13-16-32)18-19-34/h4-10,19-21,23,29,35H,1,3,11-18,22H2,2H3. The van der Waals surface area contributed by atoms with Crippen molar-refractivity contribution in [2.24, 2.45) is 0 Å². The molecule has 1 N–H and O–H groups in total. The quantitative estimate of drug-likeness (QED) is 0.444. The van der Waals surface area contributed by atoms with Gasteiger partial charge in [0.15, 0.2) is 0 Å². The summed E-state index contributed by atoms with van der Waals surface area (Å²) in [4.78, 5) is 20.3. The maximum absolute atomic E-state index is 10.9. The maximum Gasteiger partial charge on any atom is 0.133 e. The van der Waals surface area contributed by atoms with E-state index in [0.29, 0.717) is 18.3 Å². The van der Waals surface area contributed by atoms with Crippen molar-refractivity contribution in [3.05, 3.63) is 84.5 Å². The number of carbonyl (C=O) groups excluding carboxylic acids is 1. The lowest BCUT2D eigenvalue weighted by molar-refractivity contribution is -0.109. The first-order chi connectivity index (χ1) is 17.0. The van der Waals surface area contributed by atoms with E-state index >= 15 is 0 Å². The van der Waals surface area contributed by atoms with Gasteiger partial charge in [0.05, 0.1) is 12.6 Å². The van der Waals surface area contributed by atoms with Crippen LogP contribution < -0.4 is 0 Å². The fraction of sp³-hybridized carbons (Fsp3) is 0.414. The molecule has 6 heteroatoms. The number of carbonyl (C=O) groups is 1. The van der Waals surface area contributed by atoms with E-state index in [1.807, 2.05) is 18.2 Å². The third-order valence-corrected chi connectivity index (χ3v) is 7.29. The molecule has 0 radical (unpaired) electrons. The zero-order valence-electron chi connectivity index (χ0n) is 20.9. The topological polar surface area (TPSA) is 50.3 Å². The third kappa shape index (κ3) is 6.01. The largest absolute Gasteiger partial charge is 0.508 e. The van der Waals surface area contributed by atoms with Gasteiger partial charge in [-0.05, 0) is 41.8 Å². The highest BCUT2D eigenvalue weighted by atomic mass is 16.3. The van der Waals surface area contributed by atoms with Crippen molar-refractivity contribution in [2.75, 3.05) is 58.9 Å². The van der Waals surface area contributed by atoms with Crippen molar-refractivity contribution in [3.63, 3.8) is 0 Å². The highest BCUT2D eigenvalue weighted by Gasteiger charge is 2.31. The fourth-order valence-corrected chi connectivity index (χ4v) is 5.43. The summed E-state index contributed by atoms with van der Waals surface area (Å²) in [6.45, 7) is 18.4. The SMILES string of the molecule is C=CCN1CCN(C(c2cccc(O)c2)c2cccc(C(=C)N3CCN(CC=O)CC3)c2)C(C)C1. The Labute approximate surface area is 209 Å². The molecule has 186 valence electrons. The van der Waals surface area contributed by atoms with E-state index in [1.165, 1.54) is 5.56 Å². The monoisotopic (exact) mass is 474 g/mol. The van der Waals surface area contributed by atoms with Gasteiger partial charge in [-0.25, -0.2) is 0 Å². The molecule has 2 aromatic carbocycles. The molecule has 35 heavy (non-hydrogen) atoms. The van der Waals surface area contributed by atoms with Crippen LogP contribution in [-0.2, 0) is 4.79 Å². The smallest absolute Gasteiger partial charge is 0.133 e. The van der Waals surface area contributed by atoms with Gasteiger partial charge in [0.2, 0.25) is 0 Å². The number of phenolic OH excluding ortho intramolecular Hbond substituents is 1. The summed E-state index contributed by atoms with van der Waals surface area (Å²) < 4.78 is 0. The molecule has 0 bridgehead atoms. The van der Waals surface area contributed by atoms with Gasteiger partial charge >= 0.3 is 0 Å². The lowest BCUT2D eigenvalue weighted by Gasteiger charge is -2.44. The second kappa shape index (κ2) is 11.7. The molecule has 6 nitrogen and oxygen atoms in total. The van der Waals surface area contributed by atoms with Crippen molar-refractivity contribution >= 4 is 12.0 Å². The first-order valence-electron chi connectivity index (χ1n) is 12.6. The minimum Gasteiger partial charge on any atom is -0.508 e. The number of nitrogens with zero attached hydrogens (tertiary/aromatic N) is 4. The van der Waals surface area contributed by atoms with Crippen molar-refractivity contribution < 1.29 is 9.90 Å². The fourth-order valence-electron chi connectivity index (χ4n) is 5.43. The Kier molecular flexibility index (Phi) is 8.39. The maximum atomic E-state index is 10.9. The van der Waals surface area contributed by atoms with Crippen LogP contribution in [0, 0.1) is 0 Å². The Morgan fingerprint density at radius 1 is 1.00 bits per heavy atom. The van der Waals surface area contributed by atoms with Crippen LogP contribution in [0.15, 0.2) is 67.8 Å². The number of phenols is 1. The molecular weight excluding hydrogens is 436 g/mol. The molecule has 2 fully saturated rings. The summed E-state index contributed by atoms with van der Waals surface area (Å²) >= 11 is 0. The Balaban J connectivity index is 1.60. The van der Waals surface area contributed by atoms with Crippen LogP contribution in [0.1, 0.15) is 29.7 Å². The Hall–Kier alpha value is -2.93. The van der Waals surface area contributed by atoms with Crippen LogP contribution in [-0.4, -0.2) is 95.9 Å². The van der Waals surface area contributed by atoms with Gasteiger partial charge in [0.25, 0.3) is 0 Å². The first-order valence-corrected chi connectivity index (χ1v) is 12.6. The second-order valence-corrected chi connectivity index (χ2v) is 9.66. The molecule has 2 aliphatic rings. The second-order valence-electron chi connectivity index (χ2n) is 9.66. The van der Waals surface area contributed by atoms with Crippen LogP contribution in [0.4, 0.5) is 0 Å². The molecule has 2 heterocycles. The van der Waals surface area contributed by atoms with Crippen molar-refractivity contribution in [1.29, 1.82) is 0 Å². The number of hydrogen-bond donors (Lipinski definition) is 1. The third-order valence-electron chi connectivity index (χ3n) is 7.29. The molecular formula is C29H38N4O2. The summed E-state index contributed by atoms with van der Waals surface area (Å²) in [6.07, 6.45) is 2.95. The van der Waals surface area contributed by atoms with E-state index in [-0.39, 0.29) is 6.04 Å². The van der Waals surface area contributed by atoms with Gasteiger partial charge in [-0.3, -0.25) is 14.7 Å². The average molecular weight is 475 g/mol. The van der Waals surface area contributed by atoms with Crippen LogP contribution >= 0.6 is 0 Å². The van der Waals surface area contributed by atoms with E-state index in [1.54, 1.807) is 6.07 Å². The molecule has 0 saturated carbocycles. The highest BCUT2D eigenvalue weighted by molar-refractivity contribution is 5.63. The number of aromatic hydroxyl groups is 1. The van der Waals surface area contributed by atoms with Gasteiger partial charge in [-0.1, -0.05) is 43.0 Å². The lowest BCUT2D eigenvalue weighted by atomic mass is 9.92. The average Bonchev–Trinajstić information content (AvgIpc) is 2.86. The van der Waals surface area contributed by atoms with Gasteiger partial charge in [-0.15, -0.1) is 6.58 Å². The highest BCUT2D eigenvalue weighted by Crippen LogP contribution is 2.35. The Morgan fingerprint density at radius 2 is 1.69 bits per heavy atom. The van der Waals surface area contributed by atoms with E-state index in [0.717, 1.165) is 75.5 Å². The molecule has 2 aliphatic heterocycles. The van der Waals surface area contributed by atoms with Crippen molar-refractivity contribution in [3.8, 4) is 5.75 Å². The van der Waals surface area contributed by atoms with Crippen LogP contribution in [0.5, 0.6) is 5.75 Å². The summed E-state index contributed by atoms with van der Waals surface area (Å²) in [5, 5.41) is 10.3. The molecule has 4 rings (SSSR count). The van der Waals surface area contributed by atoms with E-state index < -0.39 is 0 Å². The minimum absolute atomic E-state index is 0.0418. The van der Waals surface area contributed by atoms with Gasteiger partial charge in [0.1, 0.15) is 12.0 Å². The van der Waals surface area contributed by atoms with E-state index in [2.05, 4.69) is 70.0 Å². The summed E-state index contributed by atoms with van der Waals surface area (Å²) in [5.41, 5.74) is 4.45. The van der Waals surface area contributed by atoms with E-state index in [4.69, 9.17) is 0 Å². The van der Waals surface area contributed by atoms with Crippen LogP contribution in [0.3, 0.4) is 0 Å². The summed E-state index contributed by atoms with van der Waals surface area (Å²) in [7, 11) is 0. The van der Waals surface area contributed by atoms with E-state index in [9.17, 15) is 9.90 Å². The van der Waals surface area contributed by atoms with Crippen LogP contribution in [0.25, 0.3) is 5.70 Å². The zero-order valence-corrected chi connectivity index (χ0v) is 20.9.